The lowest BCUT2D eigenvalue weighted by atomic mass is 9.83. The first-order valence-corrected chi connectivity index (χ1v) is 13.1. The molecule has 0 unspecified atom stereocenters. The van der Waals surface area contributed by atoms with Gasteiger partial charge >= 0.3 is 5.69 Å². The van der Waals surface area contributed by atoms with Crippen LogP contribution in [0.1, 0.15) is 43.9 Å². The zero-order valence-corrected chi connectivity index (χ0v) is 21.4. The van der Waals surface area contributed by atoms with Crippen LogP contribution >= 0.6 is 0 Å². The van der Waals surface area contributed by atoms with Crippen molar-refractivity contribution in [1.29, 1.82) is 0 Å². The fourth-order valence-corrected chi connectivity index (χ4v) is 4.59. The fourth-order valence-electron chi connectivity index (χ4n) is 4.32. The summed E-state index contributed by atoms with van der Waals surface area (Å²) in [5.41, 5.74) is 1.82. The lowest BCUT2D eigenvalue weighted by Crippen LogP contribution is -2.28. The lowest BCUT2D eigenvalue weighted by Gasteiger charge is -2.26. The molecule has 1 aliphatic carbocycles. The second kappa shape index (κ2) is 9.05. The number of aromatic amines is 1. The molecule has 0 aliphatic heterocycles. The van der Waals surface area contributed by atoms with Crippen LogP contribution in [0, 0.1) is 5.82 Å². The maximum atomic E-state index is 16.2. The minimum absolute atomic E-state index is 0.0166. The minimum Gasteiger partial charge on any atom is -0.496 e. The summed E-state index contributed by atoms with van der Waals surface area (Å²) in [6.07, 6.45) is 3.39. The summed E-state index contributed by atoms with van der Waals surface area (Å²) in [6.45, 7) is 5.85. The molecular weight excluding hydrogens is 487 g/mol. The summed E-state index contributed by atoms with van der Waals surface area (Å²) in [5, 5.41) is 4.02. The number of ether oxygens (including phenoxy) is 1. The summed E-state index contributed by atoms with van der Waals surface area (Å²) in [4.78, 5) is 28.4. The molecular formula is C25H27FN4O5S. The average Bonchev–Trinajstić information content (AvgIpc) is 3.18. The van der Waals surface area contributed by atoms with Crippen LogP contribution in [0.2, 0.25) is 0 Å². The van der Waals surface area contributed by atoms with Crippen LogP contribution in [0.25, 0.3) is 16.8 Å². The van der Waals surface area contributed by atoms with E-state index in [-0.39, 0.29) is 11.3 Å². The molecule has 0 atom stereocenters. The van der Waals surface area contributed by atoms with E-state index in [4.69, 9.17) is 4.74 Å². The summed E-state index contributed by atoms with van der Waals surface area (Å²) in [6, 6.07) is 8.03. The number of aryl methyl sites for hydroxylation is 1. The van der Waals surface area contributed by atoms with Gasteiger partial charge in [-0.1, -0.05) is 39.0 Å². The first kappa shape index (κ1) is 25.4. The SMILES string of the molecule is COc1c(C(C)(C)C)cc(-n2ccc(=O)[nH]c2=O)c(F)c1-c1ccc2c(c1)CC/C2=N\NS(C)(=O)=O. The van der Waals surface area contributed by atoms with Crippen molar-refractivity contribution in [2.45, 2.75) is 39.0 Å². The number of halogens is 1. The number of hydrogen-bond acceptors (Lipinski definition) is 6. The Morgan fingerprint density at radius 2 is 1.86 bits per heavy atom. The monoisotopic (exact) mass is 514 g/mol. The molecule has 9 nitrogen and oxygen atoms in total. The number of aromatic nitrogens is 2. The van der Waals surface area contributed by atoms with Gasteiger partial charge in [-0.3, -0.25) is 14.3 Å². The quantitative estimate of drug-likeness (QED) is 0.507. The summed E-state index contributed by atoms with van der Waals surface area (Å²) >= 11 is 0. The molecule has 0 amide bonds. The normalized spacial score (nSPS) is 14.7. The van der Waals surface area contributed by atoms with Crippen molar-refractivity contribution in [1.82, 2.24) is 14.4 Å². The number of hydrazone groups is 1. The summed E-state index contributed by atoms with van der Waals surface area (Å²) in [5.74, 6) is -0.341. The highest BCUT2D eigenvalue weighted by molar-refractivity contribution is 7.88. The molecule has 190 valence electrons. The van der Waals surface area contributed by atoms with Gasteiger partial charge in [-0.25, -0.2) is 22.4 Å². The van der Waals surface area contributed by atoms with E-state index >= 15 is 4.39 Å². The Morgan fingerprint density at radius 1 is 1.14 bits per heavy atom. The number of sulfonamides is 1. The van der Waals surface area contributed by atoms with Crippen LogP contribution in [0.4, 0.5) is 4.39 Å². The highest BCUT2D eigenvalue weighted by atomic mass is 32.2. The van der Waals surface area contributed by atoms with E-state index in [1.807, 2.05) is 26.8 Å². The number of hydrogen-bond donors (Lipinski definition) is 2. The molecule has 1 aromatic heterocycles. The Labute approximate surface area is 207 Å². The maximum absolute atomic E-state index is 16.2. The molecule has 0 spiro atoms. The second-order valence-corrected chi connectivity index (χ2v) is 11.4. The van der Waals surface area contributed by atoms with Crippen molar-refractivity contribution < 1.29 is 17.5 Å². The Morgan fingerprint density at radius 3 is 2.47 bits per heavy atom. The van der Waals surface area contributed by atoms with E-state index in [1.54, 1.807) is 18.2 Å². The molecule has 1 heterocycles. The third-order valence-electron chi connectivity index (χ3n) is 5.98. The average molecular weight is 515 g/mol. The van der Waals surface area contributed by atoms with Gasteiger partial charge in [0.25, 0.3) is 5.56 Å². The summed E-state index contributed by atoms with van der Waals surface area (Å²) in [7, 11) is -2.02. The molecule has 2 aromatic carbocycles. The third-order valence-corrected chi connectivity index (χ3v) is 6.40. The van der Waals surface area contributed by atoms with Crippen molar-refractivity contribution in [2.24, 2.45) is 5.10 Å². The Hall–Kier alpha value is -3.73. The third kappa shape index (κ3) is 4.83. The first-order chi connectivity index (χ1) is 16.8. The topological polar surface area (TPSA) is 123 Å². The van der Waals surface area contributed by atoms with Gasteiger partial charge in [0.05, 0.1) is 30.3 Å². The Bertz CT molecular complexity index is 1610. The number of rotatable bonds is 5. The van der Waals surface area contributed by atoms with Gasteiger partial charge < -0.3 is 4.74 Å². The van der Waals surface area contributed by atoms with Crippen LogP contribution in [0.5, 0.6) is 5.75 Å². The standard InChI is InChI=1S/C25H27FN4O5S/c1-25(2,3)17-13-19(30-11-10-20(31)27-24(30)32)22(26)21(23(17)35-4)15-6-8-16-14(12-15)7-9-18(16)28-29-36(5,33)34/h6,8,10-13,29H,7,9H2,1-5H3,(H,27,31,32)/b28-18+. The van der Waals surface area contributed by atoms with Crippen LogP contribution in [0.15, 0.2) is 51.2 Å². The predicted molar refractivity (Wildman–Crippen MR) is 136 cm³/mol. The Balaban J connectivity index is 1.96. The van der Waals surface area contributed by atoms with Crippen LogP contribution in [0.3, 0.4) is 0 Å². The minimum atomic E-state index is -3.49. The first-order valence-electron chi connectivity index (χ1n) is 11.2. The van der Waals surface area contributed by atoms with E-state index < -0.39 is 32.5 Å². The van der Waals surface area contributed by atoms with E-state index in [0.29, 0.717) is 35.4 Å². The van der Waals surface area contributed by atoms with Crippen LogP contribution in [-0.2, 0) is 21.9 Å². The van der Waals surface area contributed by atoms with Gasteiger partial charge in [0, 0.05) is 23.4 Å². The van der Waals surface area contributed by atoms with Crippen molar-refractivity contribution in [3.8, 4) is 22.6 Å². The zero-order valence-electron chi connectivity index (χ0n) is 20.6. The van der Waals surface area contributed by atoms with E-state index in [9.17, 15) is 18.0 Å². The van der Waals surface area contributed by atoms with E-state index in [1.165, 1.54) is 13.3 Å². The van der Waals surface area contributed by atoms with Crippen LogP contribution < -0.4 is 20.8 Å². The molecule has 0 fully saturated rings. The number of nitrogens with zero attached hydrogens (tertiary/aromatic N) is 2. The van der Waals surface area contributed by atoms with E-state index in [2.05, 4.69) is 14.9 Å². The molecule has 36 heavy (non-hydrogen) atoms. The van der Waals surface area contributed by atoms with Gasteiger partial charge in [0.15, 0.2) is 5.82 Å². The highest BCUT2D eigenvalue weighted by Crippen LogP contribution is 2.44. The molecule has 3 aromatic rings. The van der Waals surface area contributed by atoms with Gasteiger partial charge in [-0.2, -0.15) is 5.10 Å². The van der Waals surface area contributed by atoms with Gasteiger partial charge in [0.1, 0.15) is 5.75 Å². The molecule has 2 N–H and O–H groups in total. The maximum Gasteiger partial charge on any atom is 0.333 e. The second-order valence-electron chi connectivity index (χ2n) is 9.69. The number of H-pyrrole nitrogens is 1. The fraction of sp³-hybridized carbons (Fsp3) is 0.320. The Kier molecular flexibility index (Phi) is 6.38. The van der Waals surface area contributed by atoms with Crippen LogP contribution in [-0.4, -0.2) is 37.0 Å². The lowest BCUT2D eigenvalue weighted by molar-refractivity contribution is 0.396. The predicted octanol–water partition coefficient (Wildman–Crippen LogP) is 2.84. The summed E-state index contributed by atoms with van der Waals surface area (Å²) < 4.78 is 45.8. The molecule has 0 saturated heterocycles. The smallest absolute Gasteiger partial charge is 0.333 e. The molecule has 0 saturated carbocycles. The molecule has 11 heteroatoms. The number of benzene rings is 2. The molecule has 0 radical (unpaired) electrons. The van der Waals surface area contributed by atoms with E-state index in [0.717, 1.165) is 28.0 Å². The largest absolute Gasteiger partial charge is 0.496 e. The van der Waals surface area contributed by atoms with Crippen molar-refractivity contribution in [2.75, 3.05) is 13.4 Å². The molecule has 0 bridgehead atoms. The number of nitrogens with one attached hydrogen (secondary N) is 2. The van der Waals surface area contributed by atoms with Gasteiger partial charge in [-0.15, -0.1) is 0 Å². The zero-order chi connectivity index (χ0) is 26.4. The van der Waals surface area contributed by atoms with Gasteiger partial charge in [0.2, 0.25) is 10.0 Å². The van der Waals surface area contributed by atoms with Crippen molar-refractivity contribution in [3.63, 3.8) is 0 Å². The van der Waals surface area contributed by atoms with Crippen molar-refractivity contribution >= 4 is 15.7 Å². The molecule has 4 rings (SSSR count). The highest BCUT2D eigenvalue weighted by Gasteiger charge is 2.29. The van der Waals surface area contributed by atoms with Crippen molar-refractivity contribution in [3.05, 3.63) is 79.9 Å². The number of methoxy groups -OCH3 is 1. The molecule has 1 aliphatic rings. The number of fused-ring (bicyclic) bond motifs is 1. The van der Waals surface area contributed by atoms with Gasteiger partial charge in [-0.05, 0) is 35.4 Å².